The lowest BCUT2D eigenvalue weighted by atomic mass is 9.69. The van der Waals surface area contributed by atoms with Crippen molar-refractivity contribution in [2.24, 2.45) is 23.5 Å². The van der Waals surface area contributed by atoms with Crippen LogP contribution in [-0.4, -0.2) is 11.8 Å². The highest BCUT2D eigenvalue weighted by Crippen LogP contribution is 2.41. The Balaban J connectivity index is 1.52. The maximum Gasteiger partial charge on any atom is 0.248 e. The van der Waals surface area contributed by atoms with E-state index in [0.29, 0.717) is 23.3 Å². The smallest absolute Gasteiger partial charge is 0.248 e. The lowest BCUT2D eigenvalue weighted by Gasteiger charge is -2.38. The van der Waals surface area contributed by atoms with Crippen LogP contribution in [0.1, 0.15) is 105 Å². The normalized spacial score (nSPS) is 23.6. The fourth-order valence-electron chi connectivity index (χ4n) is 6.19. The van der Waals surface area contributed by atoms with Gasteiger partial charge in [0.05, 0.1) is 6.04 Å². The van der Waals surface area contributed by atoms with Gasteiger partial charge in [-0.1, -0.05) is 44.6 Å². The molecule has 0 heterocycles. The van der Waals surface area contributed by atoms with Gasteiger partial charge in [0, 0.05) is 11.5 Å². The third-order valence-corrected chi connectivity index (χ3v) is 7.68. The second-order valence-corrected chi connectivity index (χ2v) is 9.55. The molecule has 0 aromatic heterocycles. The Hall–Kier alpha value is -1.84. The number of carbonyl (C=O) groups is 2. The summed E-state index contributed by atoms with van der Waals surface area (Å²) in [5, 5.41) is 3.46. The van der Waals surface area contributed by atoms with Gasteiger partial charge in [0.1, 0.15) is 0 Å². The van der Waals surface area contributed by atoms with Crippen LogP contribution in [0.3, 0.4) is 0 Å². The van der Waals surface area contributed by atoms with E-state index in [4.69, 9.17) is 5.73 Å². The largest absolute Gasteiger partial charge is 0.366 e. The molecule has 0 spiro atoms. The first kappa shape index (κ1) is 20.4. The van der Waals surface area contributed by atoms with Crippen molar-refractivity contribution in [3.8, 4) is 0 Å². The standard InChI is InChI=1S/C25H36N2O2/c26-24(28)20-14-15-21-19(16-20)12-7-13-22(21)27-25(29)23(17-8-3-1-4-9-17)18-10-5-2-6-11-18/h14-18,22-23H,1-13H2,(H2,26,28)(H,27,29). The van der Waals surface area contributed by atoms with Crippen molar-refractivity contribution < 1.29 is 9.59 Å². The number of nitrogens with two attached hydrogens (primary N) is 1. The van der Waals surface area contributed by atoms with Crippen molar-refractivity contribution >= 4 is 11.8 Å². The molecule has 3 aliphatic rings. The first-order chi connectivity index (χ1) is 14.1. The lowest BCUT2D eigenvalue weighted by molar-refractivity contribution is -0.130. The first-order valence-electron chi connectivity index (χ1n) is 11.9. The molecule has 4 rings (SSSR count). The average molecular weight is 397 g/mol. The molecule has 1 atom stereocenters. The van der Waals surface area contributed by atoms with Gasteiger partial charge < -0.3 is 11.1 Å². The quantitative estimate of drug-likeness (QED) is 0.730. The fourth-order valence-corrected chi connectivity index (χ4v) is 6.19. The topological polar surface area (TPSA) is 72.2 Å². The fraction of sp³-hybridized carbons (Fsp3) is 0.680. The van der Waals surface area contributed by atoms with Crippen LogP contribution in [0.25, 0.3) is 0 Å². The maximum atomic E-state index is 13.6. The van der Waals surface area contributed by atoms with Crippen molar-refractivity contribution in [3.63, 3.8) is 0 Å². The van der Waals surface area contributed by atoms with Crippen LogP contribution in [-0.2, 0) is 11.2 Å². The molecule has 0 aliphatic heterocycles. The number of fused-ring (bicyclic) bond motifs is 1. The molecule has 2 amide bonds. The molecule has 1 unspecified atom stereocenters. The molecule has 4 nitrogen and oxygen atoms in total. The summed E-state index contributed by atoms with van der Waals surface area (Å²) in [5.41, 5.74) is 8.38. The van der Waals surface area contributed by atoms with E-state index in [1.807, 2.05) is 18.2 Å². The number of hydrogen-bond acceptors (Lipinski definition) is 2. The minimum absolute atomic E-state index is 0.0721. The Morgan fingerprint density at radius 2 is 1.48 bits per heavy atom. The monoisotopic (exact) mass is 396 g/mol. The second kappa shape index (κ2) is 9.32. The predicted octanol–water partition coefficient (Wildman–Crippen LogP) is 5.06. The number of rotatable bonds is 5. The molecular formula is C25H36N2O2. The zero-order valence-corrected chi connectivity index (χ0v) is 17.6. The number of carbonyl (C=O) groups excluding carboxylic acids is 2. The SMILES string of the molecule is NC(=O)c1ccc2c(c1)CCCC2NC(=O)C(C1CCCCC1)C1CCCCC1. The molecular weight excluding hydrogens is 360 g/mol. The van der Waals surface area contributed by atoms with Crippen LogP contribution in [0, 0.1) is 17.8 Å². The van der Waals surface area contributed by atoms with E-state index in [1.165, 1.54) is 75.3 Å². The summed E-state index contributed by atoms with van der Waals surface area (Å²) in [6.07, 6.45) is 15.6. The van der Waals surface area contributed by atoms with E-state index < -0.39 is 0 Å². The predicted molar refractivity (Wildman–Crippen MR) is 115 cm³/mol. The third kappa shape index (κ3) is 4.67. The molecule has 3 N–H and O–H groups in total. The summed E-state index contributed by atoms with van der Waals surface area (Å²) in [7, 11) is 0. The van der Waals surface area contributed by atoms with Crippen LogP contribution in [0.4, 0.5) is 0 Å². The van der Waals surface area contributed by atoms with Gasteiger partial charge in [0.15, 0.2) is 0 Å². The van der Waals surface area contributed by atoms with Gasteiger partial charge in [-0.05, 0) is 80.0 Å². The number of benzene rings is 1. The van der Waals surface area contributed by atoms with E-state index >= 15 is 0 Å². The molecule has 4 heteroatoms. The van der Waals surface area contributed by atoms with Gasteiger partial charge in [-0.15, -0.1) is 0 Å². The Kier molecular flexibility index (Phi) is 6.56. The van der Waals surface area contributed by atoms with Crippen LogP contribution in [0.5, 0.6) is 0 Å². The number of hydrogen-bond donors (Lipinski definition) is 2. The molecule has 29 heavy (non-hydrogen) atoms. The summed E-state index contributed by atoms with van der Waals surface area (Å²) >= 11 is 0. The summed E-state index contributed by atoms with van der Waals surface area (Å²) in [6, 6.07) is 5.82. The van der Waals surface area contributed by atoms with Crippen LogP contribution < -0.4 is 11.1 Å². The molecule has 3 aliphatic carbocycles. The Bertz CT molecular complexity index is 714. The average Bonchev–Trinajstić information content (AvgIpc) is 2.75. The number of primary amides is 1. The molecule has 0 radical (unpaired) electrons. The van der Waals surface area contributed by atoms with Gasteiger partial charge >= 0.3 is 0 Å². The summed E-state index contributed by atoms with van der Waals surface area (Å²) in [4.78, 5) is 25.1. The van der Waals surface area contributed by atoms with Crippen LogP contribution in [0.15, 0.2) is 18.2 Å². The van der Waals surface area contributed by atoms with E-state index in [1.54, 1.807) is 0 Å². The second-order valence-electron chi connectivity index (χ2n) is 9.55. The summed E-state index contributed by atoms with van der Waals surface area (Å²) in [6.45, 7) is 0. The highest BCUT2D eigenvalue weighted by molar-refractivity contribution is 5.93. The Morgan fingerprint density at radius 3 is 2.07 bits per heavy atom. The summed E-state index contributed by atoms with van der Waals surface area (Å²) < 4.78 is 0. The molecule has 0 saturated heterocycles. The first-order valence-corrected chi connectivity index (χ1v) is 11.9. The van der Waals surface area contributed by atoms with Crippen LogP contribution in [0.2, 0.25) is 0 Å². The number of amides is 2. The molecule has 1 aromatic carbocycles. The van der Waals surface area contributed by atoms with E-state index in [9.17, 15) is 9.59 Å². The molecule has 158 valence electrons. The van der Waals surface area contributed by atoms with Gasteiger partial charge in [-0.2, -0.15) is 0 Å². The van der Waals surface area contributed by atoms with Crippen LogP contribution >= 0.6 is 0 Å². The number of nitrogens with one attached hydrogen (secondary N) is 1. The van der Waals surface area contributed by atoms with E-state index in [0.717, 1.165) is 19.3 Å². The molecule has 0 bridgehead atoms. The van der Waals surface area contributed by atoms with Gasteiger partial charge in [-0.3, -0.25) is 9.59 Å². The highest BCUT2D eigenvalue weighted by atomic mass is 16.2. The van der Waals surface area contributed by atoms with Crippen molar-refractivity contribution in [2.75, 3.05) is 0 Å². The highest BCUT2D eigenvalue weighted by Gasteiger charge is 2.37. The van der Waals surface area contributed by atoms with E-state index in [-0.39, 0.29) is 17.9 Å². The number of aryl methyl sites for hydroxylation is 1. The van der Waals surface area contributed by atoms with Crippen molar-refractivity contribution in [1.29, 1.82) is 0 Å². The minimum Gasteiger partial charge on any atom is -0.366 e. The minimum atomic E-state index is -0.381. The van der Waals surface area contributed by atoms with Crippen molar-refractivity contribution in [3.05, 3.63) is 34.9 Å². The third-order valence-electron chi connectivity index (χ3n) is 7.68. The maximum absolute atomic E-state index is 13.6. The molecule has 2 fully saturated rings. The van der Waals surface area contributed by atoms with E-state index in [2.05, 4.69) is 5.32 Å². The summed E-state index contributed by atoms with van der Waals surface area (Å²) in [5.74, 6) is 1.22. The van der Waals surface area contributed by atoms with Gasteiger partial charge in [0.25, 0.3) is 0 Å². The zero-order valence-electron chi connectivity index (χ0n) is 17.6. The zero-order chi connectivity index (χ0) is 20.2. The van der Waals surface area contributed by atoms with Crippen molar-refractivity contribution in [1.82, 2.24) is 5.32 Å². The van der Waals surface area contributed by atoms with Gasteiger partial charge in [-0.25, -0.2) is 0 Å². The lowest BCUT2D eigenvalue weighted by Crippen LogP contribution is -2.43. The van der Waals surface area contributed by atoms with Crippen molar-refractivity contribution in [2.45, 2.75) is 89.5 Å². The Labute approximate surface area is 175 Å². The molecule has 2 saturated carbocycles. The molecule has 1 aromatic rings. The Morgan fingerprint density at radius 1 is 0.862 bits per heavy atom. The van der Waals surface area contributed by atoms with Gasteiger partial charge in [0.2, 0.25) is 11.8 Å².